The summed E-state index contributed by atoms with van der Waals surface area (Å²) in [6, 6.07) is 8.89. The minimum absolute atomic E-state index is 0.106. The molecule has 0 aliphatic carbocycles. The molecule has 0 bridgehead atoms. The van der Waals surface area contributed by atoms with Crippen LogP contribution in [0.25, 0.3) is 10.8 Å². The molecule has 2 aromatic rings. The lowest BCUT2D eigenvalue weighted by Crippen LogP contribution is -2.41. The average molecular weight is 293 g/mol. The summed E-state index contributed by atoms with van der Waals surface area (Å²) in [4.78, 5) is 16.3. The predicted molar refractivity (Wildman–Crippen MR) is 79.9 cm³/mol. The van der Waals surface area contributed by atoms with Gasteiger partial charge in [0.15, 0.2) is 0 Å². The maximum absolute atomic E-state index is 12.2. The van der Waals surface area contributed by atoms with Gasteiger partial charge in [-0.1, -0.05) is 49.7 Å². The van der Waals surface area contributed by atoms with E-state index in [4.69, 9.17) is 11.6 Å². The monoisotopic (exact) mass is 292 g/mol. The van der Waals surface area contributed by atoms with Crippen molar-refractivity contribution in [2.45, 2.75) is 19.9 Å². The van der Waals surface area contributed by atoms with Crippen molar-refractivity contribution in [2.75, 3.05) is 6.61 Å². The van der Waals surface area contributed by atoms with E-state index in [0.29, 0.717) is 5.15 Å². The summed E-state index contributed by atoms with van der Waals surface area (Å²) >= 11 is 6.10. The van der Waals surface area contributed by atoms with Crippen molar-refractivity contribution in [1.29, 1.82) is 0 Å². The number of hydrogen-bond acceptors (Lipinski definition) is 3. The van der Waals surface area contributed by atoms with E-state index < -0.39 is 0 Å². The Kier molecular flexibility index (Phi) is 4.57. The number of halogens is 1. The lowest BCUT2D eigenvalue weighted by atomic mass is 10.1. The fraction of sp³-hybridized carbons (Fsp3) is 0.333. The van der Waals surface area contributed by atoms with Crippen molar-refractivity contribution in [3.05, 3.63) is 41.2 Å². The molecule has 2 N–H and O–H groups in total. The number of pyridine rings is 1. The second-order valence-electron chi connectivity index (χ2n) is 5.03. The number of carbonyl (C=O) groups is 1. The van der Waals surface area contributed by atoms with Gasteiger partial charge in [-0.25, -0.2) is 4.98 Å². The standard InChI is InChI=1S/C15H17ClN2O2/c1-9(2)13(8-19)18-15(20)12-7-10-5-3-4-6-11(10)14(16)17-12/h3-7,9,13,19H,8H2,1-2H3,(H,18,20)/t13-/m1/s1. The second-order valence-corrected chi connectivity index (χ2v) is 5.38. The summed E-state index contributed by atoms with van der Waals surface area (Å²) in [6.07, 6.45) is 0. The molecule has 0 unspecified atom stereocenters. The Hall–Kier alpha value is -1.65. The first kappa shape index (κ1) is 14.8. The Labute approximate surface area is 122 Å². The quantitative estimate of drug-likeness (QED) is 0.852. The van der Waals surface area contributed by atoms with E-state index in [9.17, 15) is 9.90 Å². The third kappa shape index (κ3) is 3.08. The van der Waals surface area contributed by atoms with Crippen LogP contribution < -0.4 is 5.32 Å². The summed E-state index contributed by atoms with van der Waals surface area (Å²) in [5.74, 6) is -0.190. The van der Waals surface area contributed by atoms with Gasteiger partial charge < -0.3 is 10.4 Å². The smallest absolute Gasteiger partial charge is 0.270 e. The first-order chi connectivity index (χ1) is 9.52. The van der Waals surface area contributed by atoms with Crippen LogP contribution in [-0.4, -0.2) is 28.6 Å². The lowest BCUT2D eigenvalue weighted by Gasteiger charge is -2.19. The second kappa shape index (κ2) is 6.20. The van der Waals surface area contributed by atoms with Crippen LogP contribution in [0.5, 0.6) is 0 Å². The van der Waals surface area contributed by atoms with E-state index in [1.807, 2.05) is 38.1 Å². The fourth-order valence-corrected chi connectivity index (χ4v) is 2.20. The molecular weight excluding hydrogens is 276 g/mol. The molecule has 20 heavy (non-hydrogen) atoms. The van der Waals surface area contributed by atoms with E-state index in [1.165, 1.54) is 0 Å². The van der Waals surface area contributed by atoms with E-state index >= 15 is 0 Å². The van der Waals surface area contributed by atoms with E-state index in [-0.39, 0.29) is 30.2 Å². The molecule has 0 saturated heterocycles. The zero-order valence-electron chi connectivity index (χ0n) is 11.4. The first-order valence-electron chi connectivity index (χ1n) is 6.50. The van der Waals surface area contributed by atoms with Crippen molar-refractivity contribution in [3.8, 4) is 0 Å². The van der Waals surface area contributed by atoms with Crippen molar-refractivity contribution in [3.63, 3.8) is 0 Å². The number of nitrogens with one attached hydrogen (secondary N) is 1. The Morgan fingerprint density at radius 3 is 2.75 bits per heavy atom. The number of aliphatic hydroxyl groups is 1. The van der Waals surface area contributed by atoms with Crippen molar-refractivity contribution in [1.82, 2.24) is 10.3 Å². The molecule has 0 aliphatic heterocycles. The maximum atomic E-state index is 12.2. The van der Waals surface area contributed by atoms with Gasteiger partial charge in [-0.15, -0.1) is 0 Å². The van der Waals surface area contributed by atoms with Crippen molar-refractivity contribution in [2.24, 2.45) is 5.92 Å². The SMILES string of the molecule is CC(C)[C@@H](CO)NC(=O)c1cc2ccccc2c(Cl)n1. The minimum atomic E-state index is -0.328. The van der Waals surface area contributed by atoms with E-state index in [1.54, 1.807) is 6.07 Å². The molecule has 0 aliphatic rings. The van der Waals surface area contributed by atoms with Crippen LogP contribution in [0.1, 0.15) is 24.3 Å². The van der Waals surface area contributed by atoms with Gasteiger partial charge in [-0.2, -0.15) is 0 Å². The minimum Gasteiger partial charge on any atom is -0.394 e. The average Bonchev–Trinajstić information content (AvgIpc) is 2.44. The van der Waals surface area contributed by atoms with E-state index in [2.05, 4.69) is 10.3 Å². The molecule has 0 radical (unpaired) electrons. The van der Waals surface area contributed by atoms with Gasteiger partial charge in [-0.05, 0) is 17.4 Å². The van der Waals surface area contributed by atoms with Gasteiger partial charge in [0.2, 0.25) is 0 Å². The topological polar surface area (TPSA) is 62.2 Å². The summed E-state index contributed by atoms with van der Waals surface area (Å²) in [5.41, 5.74) is 0.257. The molecule has 1 heterocycles. The lowest BCUT2D eigenvalue weighted by molar-refractivity contribution is 0.0892. The Balaban J connectivity index is 2.31. The largest absolute Gasteiger partial charge is 0.394 e. The molecule has 0 fully saturated rings. The third-order valence-corrected chi connectivity index (χ3v) is 3.53. The van der Waals surface area contributed by atoms with Crippen LogP contribution in [0.3, 0.4) is 0 Å². The molecule has 1 amide bonds. The van der Waals surface area contributed by atoms with Crippen LogP contribution in [-0.2, 0) is 0 Å². The predicted octanol–water partition coefficient (Wildman–Crippen LogP) is 2.63. The molecule has 1 aromatic carbocycles. The number of aliphatic hydroxyl groups excluding tert-OH is 1. The van der Waals surface area contributed by atoms with Crippen LogP contribution in [0.2, 0.25) is 5.15 Å². The highest BCUT2D eigenvalue weighted by Gasteiger charge is 2.18. The Morgan fingerprint density at radius 2 is 2.10 bits per heavy atom. The van der Waals surface area contributed by atoms with Gasteiger partial charge >= 0.3 is 0 Å². The number of carbonyl (C=O) groups excluding carboxylic acids is 1. The number of aromatic nitrogens is 1. The summed E-state index contributed by atoms with van der Waals surface area (Å²) in [5, 5.41) is 14.0. The molecule has 0 saturated carbocycles. The van der Waals surface area contributed by atoms with Crippen molar-refractivity contribution < 1.29 is 9.90 Å². The number of benzene rings is 1. The normalized spacial score (nSPS) is 12.7. The Bertz CT molecular complexity index is 628. The van der Waals surface area contributed by atoms with Gasteiger partial charge in [-0.3, -0.25) is 4.79 Å². The highest BCUT2D eigenvalue weighted by Crippen LogP contribution is 2.22. The molecule has 1 aromatic heterocycles. The van der Waals surface area contributed by atoms with Gasteiger partial charge in [0.25, 0.3) is 5.91 Å². The first-order valence-corrected chi connectivity index (χ1v) is 6.87. The van der Waals surface area contributed by atoms with Gasteiger partial charge in [0.1, 0.15) is 10.8 Å². The number of fused-ring (bicyclic) bond motifs is 1. The van der Waals surface area contributed by atoms with Gasteiger partial charge in [0, 0.05) is 5.39 Å². The molecule has 2 rings (SSSR count). The zero-order valence-corrected chi connectivity index (χ0v) is 12.2. The molecular formula is C15H17ClN2O2. The fourth-order valence-electron chi connectivity index (χ4n) is 1.94. The number of hydrogen-bond donors (Lipinski definition) is 2. The zero-order chi connectivity index (χ0) is 14.7. The molecule has 106 valence electrons. The van der Waals surface area contributed by atoms with Crippen LogP contribution >= 0.6 is 11.6 Å². The third-order valence-electron chi connectivity index (χ3n) is 3.24. The maximum Gasteiger partial charge on any atom is 0.270 e. The highest BCUT2D eigenvalue weighted by molar-refractivity contribution is 6.34. The van der Waals surface area contributed by atoms with Crippen LogP contribution in [0.15, 0.2) is 30.3 Å². The summed E-state index contributed by atoms with van der Waals surface area (Å²) in [6.45, 7) is 3.76. The highest BCUT2D eigenvalue weighted by atomic mass is 35.5. The molecule has 0 spiro atoms. The van der Waals surface area contributed by atoms with Crippen LogP contribution in [0.4, 0.5) is 0 Å². The van der Waals surface area contributed by atoms with Gasteiger partial charge in [0.05, 0.1) is 12.6 Å². The molecule has 1 atom stereocenters. The molecule has 4 nitrogen and oxygen atoms in total. The molecule has 5 heteroatoms. The Morgan fingerprint density at radius 1 is 1.40 bits per heavy atom. The van der Waals surface area contributed by atoms with Crippen molar-refractivity contribution >= 4 is 28.3 Å². The van der Waals surface area contributed by atoms with Crippen LogP contribution in [0, 0.1) is 5.92 Å². The number of nitrogens with zero attached hydrogens (tertiary/aromatic N) is 1. The number of amides is 1. The summed E-state index contributed by atoms with van der Waals surface area (Å²) < 4.78 is 0. The number of rotatable bonds is 4. The van der Waals surface area contributed by atoms with E-state index in [0.717, 1.165) is 10.8 Å². The summed E-state index contributed by atoms with van der Waals surface area (Å²) in [7, 11) is 0.